The van der Waals surface area contributed by atoms with Gasteiger partial charge in [0.25, 0.3) is 0 Å². The number of nitrogens with zero attached hydrogens (tertiary/aromatic N) is 3. The van der Waals surface area contributed by atoms with Crippen molar-refractivity contribution in [1.82, 2.24) is 9.88 Å². The maximum absolute atomic E-state index is 10.7. The van der Waals surface area contributed by atoms with E-state index in [1.54, 1.807) is 6.20 Å². The third-order valence-electron chi connectivity index (χ3n) is 6.63. The molecule has 0 spiro atoms. The van der Waals surface area contributed by atoms with Crippen LogP contribution >= 0.6 is 40.5 Å². The van der Waals surface area contributed by atoms with Crippen molar-refractivity contribution >= 4 is 56.9 Å². The Labute approximate surface area is 229 Å². The lowest BCUT2D eigenvalue weighted by Crippen LogP contribution is -2.60. The van der Waals surface area contributed by atoms with Crippen LogP contribution in [0.5, 0.6) is 5.75 Å². The van der Waals surface area contributed by atoms with E-state index in [4.69, 9.17) is 4.74 Å². The maximum Gasteiger partial charge on any atom is 0.137 e. The van der Waals surface area contributed by atoms with E-state index >= 15 is 0 Å². The van der Waals surface area contributed by atoms with Gasteiger partial charge >= 0.3 is 0 Å². The third kappa shape index (κ3) is 7.11. The van der Waals surface area contributed by atoms with Crippen molar-refractivity contribution in [2.24, 2.45) is 0 Å². The minimum Gasteiger partial charge on any atom is -0.489 e. The number of hydrogen-bond donors (Lipinski definition) is 1. The summed E-state index contributed by atoms with van der Waals surface area (Å²) in [5.74, 6) is 0.703. The molecule has 0 aliphatic carbocycles. The molecular weight excluding hydrogens is 495 g/mol. The molecule has 1 fully saturated rings. The lowest BCUT2D eigenvalue weighted by atomic mass is 9.96. The maximum atomic E-state index is 10.7. The van der Waals surface area contributed by atoms with Crippen LogP contribution in [0, 0.1) is 6.92 Å². The number of hydrogen-bond acceptors (Lipinski definition) is 5. The molecule has 3 atom stereocenters. The number of aryl methyl sites for hydroxylation is 1. The lowest BCUT2D eigenvalue weighted by Gasteiger charge is -2.48. The predicted octanol–water partition coefficient (Wildman–Crippen LogP) is 4.53. The first kappa shape index (κ1) is 29.4. The van der Waals surface area contributed by atoms with Crippen molar-refractivity contribution in [3.05, 3.63) is 78.6 Å². The Kier molecular flexibility index (Phi) is 11.3. The van der Waals surface area contributed by atoms with Crippen LogP contribution in [-0.4, -0.2) is 59.4 Å². The molecule has 0 amide bonds. The third-order valence-corrected chi connectivity index (χ3v) is 6.63. The molecule has 0 radical (unpaired) electrons. The molecule has 2 aromatic carbocycles. The van der Waals surface area contributed by atoms with Crippen molar-refractivity contribution in [3.8, 4) is 5.75 Å². The molecule has 0 saturated carbocycles. The number of aliphatic hydroxyl groups is 1. The Hall–Kier alpha value is -1.84. The van der Waals surface area contributed by atoms with E-state index in [9.17, 15) is 5.11 Å². The predicted molar refractivity (Wildman–Crippen MR) is 160 cm³/mol. The minimum atomic E-state index is -0.532. The Bertz CT molecular complexity index is 1100. The number of ether oxygens (including phenoxy) is 1. The highest BCUT2D eigenvalue weighted by Crippen LogP contribution is 2.31. The summed E-state index contributed by atoms with van der Waals surface area (Å²) in [5.41, 5.74) is 2.25. The molecule has 1 aromatic heterocycles. The standard InChI is InChI=1S/C27H31N3O2.3H2S/c1-20-10-13-27(15-28-20)32-19-26(31)18-29-16-25-9-5-4-8-24(29)17-30(25)23-12-11-21-6-2-3-7-22(21)14-23;;;/h2-7,10-15,24-26,31H,8-9,16-19H2,1H3;3*1H2/b5-4-;;;/t24-,25-,26-;;;/m0.../s1. The van der Waals surface area contributed by atoms with Gasteiger partial charge in [-0.1, -0.05) is 42.5 Å². The first-order chi connectivity index (χ1) is 15.7. The summed E-state index contributed by atoms with van der Waals surface area (Å²) < 4.78 is 5.77. The highest BCUT2D eigenvalue weighted by Gasteiger charge is 2.35. The van der Waals surface area contributed by atoms with Crippen molar-refractivity contribution < 1.29 is 9.84 Å². The smallest absolute Gasteiger partial charge is 0.137 e. The normalized spacial score (nSPS) is 21.0. The SMILES string of the molecule is Cc1ccc(OC[C@@H](O)CN2C[C@@H]3C/C=C\C[C@H]2CN3c2ccc3ccccc3c2)cn1.S.S.S. The summed E-state index contributed by atoms with van der Waals surface area (Å²) in [6.45, 7) is 4.78. The monoisotopic (exact) mass is 531 g/mol. The zero-order chi connectivity index (χ0) is 21.9. The zero-order valence-corrected chi connectivity index (χ0v) is 23.1. The number of aromatic nitrogens is 1. The molecule has 3 aromatic rings. The molecule has 6 rings (SSSR count). The second-order valence-electron chi connectivity index (χ2n) is 8.99. The highest BCUT2D eigenvalue weighted by atomic mass is 32.1. The van der Waals surface area contributed by atoms with Gasteiger partial charge in [0, 0.05) is 43.1 Å². The van der Waals surface area contributed by atoms with Crippen molar-refractivity contribution in [1.29, 1.82) is 0 Å². The van der Waals surface area contributed by atoms with E-state index in [-0.39, 0.29) is 47.1 Å². The van der Waals surface area contributed by atoms with Gasteiger partial charge in [0.15, 0.2) is 0 Å². The van der Waals surface area contributed by atoms with E-state index < -0.39 is 6.10 Å². The Balaban J connectivity index is 0.00000144. The van der Waals surface area contributed by atoms with Gasteiger partial charge in [-0.2, -0.15) is 40.5 Å². The van der Waals surface area contributed by atoms with Crippen LogP contribution in [0.4, 0.5) is 5.69 Å². The average Bonchev–Trinajstić information content (AvgIpc) is 2.79. The molecule has 8 heteroatoms. The fourth-order valence-electron chi connectivity index (χ4n) is 4.89. The van der Waals surface area contributed by atoms with Gasteiger partial charge in [-0.25, -0.2) is 0 Å². The van der Waals surface area contributed by atoms with Crippen LogP contribution in [0.2, 0.25) is 0 Å². The summed E-state index contributed by atoms with van der Waals surface area (Å²) in [4.78, 5) is 9.27. The molecule has 3 aliphatic rings. The van der Waals surface area contributed by atoms with Crippen LogP contribution in [0.25, 0.3) is 10.8 Å². The molecule has 4 heterocycles. The second-order valence-corrected chi connectivity index (χ2v) is 8.99. The molecule has 3 aliphatic heterocycles. The average molecular weight is 532 g/mol. The van der Waals surface area contributed by atoms with Gasteiger partial charge in [-0.05, 0) is 54.8 Å². The van der Waals surface area contributed by atoms with E-state index in [0.717, 1.165) is 31.6 Å². The van der Waals surface area contributed by atoms with Crippen LogP contribution in [0.15, 0.2) is 72.9 Å². The number of rotatable bonds is 6. The number of benzene rings is 2. The van der Waals surface area contributed by atoms with E-state index in [1.807, 2.05) is 19.1 Å². The quantitative estimate of drug-likeness (QED) is 0.474. The van der Waals surface area contributed by atoms with E-state index in [1.165, 1.54) is 16.5 Å². The summed E-state index contributed by atoms with van der Waals surface area (Å²) >= 11 is 0. The van der Waals surface area contributed by atoms with Gasteiger partial charge in [-0.3, -0.25) is 9.88 Å². The zero-order valence-electron chi connectivity index (χ0n) is 20.1. The number of pyridine rings is 1. The number of aliphatic hydroxyl groups excluding tert-OH is 1. The van der Waals surface area contributed by atoms with Crippen molar-refractivity contribution in [2.45, 2.75) is 38.0 Å². The van der Waals surface area contributed by atoms with Gasteiger partial charge in [0.1, 0.15) is 18.5 Å². The number of piperazine rings is 1. The largest absolute Gasteiger partial charge is 0.489 e. The molecule has 1 saturated heterocycles. The van der Waals surface area contributed by atoms with Crippen LogP contribution in [0.1, 0.15) is 18.5 Å². The lowest BCUT2D eigenvalue weighted by molar-refractivity contribution is 0.0404. The minimum absolute atomic E-state index is 0. The first-order valence-corrected chi connectivity index (χ1v) is 11.5. The first-order valence-electron chi connectivity index (χ1n) is 11.5. The number of fused-ring (bicyclic) bond motifs is 5. The molecule has 2 bridgehead atoms. The molecule has 5 nitrogen and oxygen atoms in total. The molecule has 0 unspecified atom stereocenters. The highest BCUT2D eigenvalue weighted by molar-refractivity contribution is 7.59. The van der Waals surface area contributed by atoms with Gasteiger partial charge < -0.3 is 14.7 Å². The van der Waals surface area contributed by atoms with Crippen molar-refractivity contribution in [3.63, 3.8) is 0 Å². The van der Waals surface area contributed by atoms with E-state index in [2.05, 4.69) is 69.4 Å². The van der Waals surface area contributed by atoms with Gasteiger partial charge in [0.05, 0.1) is 6.20 Å². The van der Waals surface area contributed by atoms with Crippen LogP contribution < -0.4 is 9.64 Å². The fourth-order valence-corrected chi connectivity index (χ4v) is 4.89. The molecular formula is C27H37N3O2S3. The summed E-state index contributed by atoms with van der Waals surface area (Å²) in [6, 6.07) is 20.0. The summed E-state index contributed by atoms with van der Waals surface area (Å²) in [7, 11) is 0. The van der Waals surface area contributed by atoms with Crippen LogP contribution in [0.3, 0.4) is 0 Å². The van der Waals surface area contributed by atoms with Gasteiger partial charge in [0.2, 0.25) is 0 Å². The molecule has 190 valence electrons. The summed E-state index contributed by atoms with van der Waals surface area (Å²) in [6.07, 6.45) is 7.85. The molecule has 35 heavy (non-hydrogen) atoms. The summed E-state index contributed by atoms with van der Waals surface area (Å²) in [5, 5.41) is 13.3. The van der Waals surface area contributed by atoms with Crippen LogP contribution in [-0.2, 0) is 0 Å². The van der Waals surface area contributed by atoms with E-state index in [0.29, 0.717) is 24.4 Å². The fraction of sp³-hybridized carbons (Fsp3) is 0.370. The van der Waals surface area contributed by atoms with Gasteiger partial charge in [-0.15, -0.1) is 0 Å². The Morgan fingerprint density at radius 2 is 1.69 bits per heavy atom. The topological polar surface area (TPSA) is 48.8 Å². The van der Waals surface area contributed by atoms with Crippen molar-refractivity contribution in [2.75, 3.05) is 31.1 Å². The number of anilines is 1. The molecule has 1 N–H and O–H groups in total. The second kappa shape index (κ2) is 13.5. The Morgan fingerprint density at radius 1 is 0.943 bits per heavy atom. The Morgan fingerprint density at radius 3 is 2.43 bits per heavy atom.